The van der Waals surface area contributed by atoms with Crippen molar-refractivity contribution in [1.82, 2.24) is 19.5 Å². The third-order valence-corrected chi connectivity index (χ3v) is 6.18. The minimum Gasteiger partial charge on any atom is -0.479 e. The molecule has 1 fully saturated rings. The van der Waals surface area contributed by atoms with Gasteiger partial charge in [-0.1, -0.05) is 12.1 Å². The number of halogens is 1. The van der Waals surface area contributed by atoms with Crippen LogP contribution in [0.1, 0.15) is 44.5 Å². The lowest BCUT2D eigenvalue weighted by Crippen LogP contribution is -2.52. The molecule has 16 heteroatoms. The molecule has 3 aromatic rings. The highest BCUT2D eigenvalue weighted by atomic mass is 19.1. The van der Waals surface area contributed by atoms with Crippen LogP contribution in [0.4, 0.5) is 21.0 Å². The van der Waals surface area contributed by atoms with Crippen LogP contribution in [0.2, 0.25) is 0 Å². The number of fused-ring (bicyclic) bond motifs is 1. The molecule has 1 amide bonds. The number of aliphatic carboxylic acids is 2. The lowest BCUT2D eigenvalue weighted by molar-refractivity contribution is -0.188. The summed E-state index contributed by atoms with van der Waals surface area (Å²) in [6.45, 7) is 4.44. The Kier molecular flexibility index (Phi) is 8.27. The van der Waals surface area contributed by atoms with Gasteiger partial charge in [0.1, 0.15) is 11.8 Å². The molecule has 0 bridgehead atoms. The molecule has 15 nitrogen and oxygen atoms in total. The number of carboxylic acids is 2. The predicted molar refractivity (Wildman–Crippen MR) is 142 cm³/mol. The number of hydrogen-bond acceptors (Lipinski definition) is 11. The maximum absolute atomic E-state index is 15.2. The molecule has 222 valence electrons. The largest absolute Gasteiger partial charge is 0.479 e. The summed E-state index contributed by atoms with van der Waals surface area (Å²) in [4.78, 5) is 48.8. The number of alkyl halides is 1. The molecule has 3 atom stereocenters. The number of nitrogens with two attached hydrogens (primary N) is 1. The molecular weight excluding hydrogens is 557 g/mol. The van der Waals surface area contributed by atoms with E-state index in [1.807, 2.05) is 6.07 Å². The monoisotopic (exact) mass is 585 g/mol. The zero-order valence-electron chi connectivity index (χ0n) is 22.8. The lowest BCUT2D eigenvalue weighted by Gasteiger charge is -2.27. The van der Waals surface area contributed by atoms with Gasteiger partial charge in [0, 0.05) is 12.8 Å². The van der Waals surface area contributed by atoms with E-state index in [0.717, 1.165) is 0 Å². The zero-order chi connectivity index (χ0) is 30.8. The van der Waals surface area contributed by atoms with E-state index >= 15 is 4.39 Å². The van der Waals surface area contributed by atoms with Crippen molar-refractivity contribution in [2.24, 2.45) is 0 Å². The van der Waals surface area contributed by atoms with E-state index in [-0.39, 0.29) is 40.5 Å². The van der Waals surface area contributed by atoms with E-state index in [1.165, 1.54) is 35.2 Å². The summed E-state index contributed by atoms with van der Waals surface area (Å²) in [5.41, 5.74) is 2.84. The van der Waals surface area contributed by atoms with Crippen molar-refractivity contribution in [1.29, 1.82) is 5.26 Å². The molecule has 1 aliphatic rings. The van der Waals surface area contributed by atoms with Gasteiger partial charge in [0.15, 0.2) is 23.2 Å². The standard InChI is InChI=1S/C26H28FN7O8/c1-25(2,3)42-24(39)32-18-17-19(33-23(29)31-18)34(12-30-17)20-16(27)8-15(41-20)11-40-26(21(35)36,22(37)38)9-13-5-4-6-14(7-13)10-28/h4-7,12,15-16,20H,8-9,11H2,1-3H3,(H,35,36)(H,37,38)(H3,29,31,32,33,39). The number of carbonyl (C=O) groups excluding carboxylic acids is 1. The summed E-state index contributed by atoms with van der Waals surface area (Å²) in [6.07, 6.45) is -4.51. The molecule has 0 radical (unpaired) electrons. The number of nitriles is 1. The second-order valence-electron chi connectivity index (χ2n) is 10.5. The number of carbonyl (C=O) groups is 3. The van der Waals surface area contributed by atoms with Crippen LogP contribution in [-0.2, 0) is 30.2 Å². The van der Waals surface area contributed by atoms with Crippen LogP contribution in [-0.4, -0.2) is 77.8 Å². The van der Waals surface area contributed by atoms with Crippen LogP contribution in [0.5, 0.6) is 0 Å². The van der Waals surface area contributed by atoms with E-state index in [4.69, 9.17) is 25.2 Å². The molecule has 1 aromatic carbocycles. The highest BCUT2D eigenvalue weighted by Gasteiger charge is 2.50. The van der Waals surface area contributed by atoms with E-state index in [2.05, 4.69) is 20.3 Å². The first-order valence-electron chi connectivity index (χ1n) is 12.6. The average molecular weight is 586 g/mol. The minimum absolute atomic E-state index is 0.0329. The number of nitrogens with zero attached hydrogens (tertiary/aromatic N) is 5. The van der Waals surface area contributed by atoms with Crippen molar-refractivity contribution < 1.29 is 43.2 Å². The third-order valence-electron chi connectivity index (χ3n) is 6.18. The van der Waals surface area contributed by atoms with Gasteiger partial charge in [0.05, 0.1) is 30.7 Å². The highest BCUT2D eigenvalue weighted by molar-refractivity contribution is 6.02. The van der Waals surface area contributed by atoms with Gasteiger partial charge >= 0.3 is 18.0 Å². The molecule has 3 heterocycles. The van der Waals surface area contributed by atoms with Crippen LogP contribution in [0.3, 0.4) is 0 Å². The van der Waals surface area contributed by atoms with Crippen LogP contribution in [0.25, 0.3) is 11.2 Å². The van der Waals surface area contributed by atoms with Gasteiger partial charge in [-0.05, 0) is 38.5 Å². The summed E-state index contributed by atoms with van der Waals surface area (Å²) < 4.78 is 32.9. The van der Waals surface area contributed by atoms with Crippen molar-refractivity contribution >= 4 is 41.0 Å². The number of aromatic nitrogens is 4. The number of nitrogen functional groups attached to an aromatic ring is 1. The van der Waals surface area contributed by atoms with Gasteiger partial charge in [-0.15, -0.1) is 0 Å². The number of benzene rings is 1. The van der Waals surface area contributed by atoms with Gasteiger partial charge in [0.25, 0.3) is 5.60 Å². The summed E-state index contributed by atoms with van der Waals surface area (Å²) >= 11 is 0. The number of rotatable bonds is 9. The Balaban J connectivity index is 1.53. The Labute approximate surface area is 238 Å². The maximum Gasteiger partial charge on any atom is 0.413 e. The Morgan fingerprint density at radius 1 is 1.26 bits per heavy atom. The van der Waals surface area contributed by atoms with Gasteiger partial charge in [-0.3, -0.25) is 9.88 Å². The second kappa shape index (κ2) is 11.5. The lowest BCUT2D eigenvalue weighted by atomic mass is 9.93. The first-order valence-corrected chi connectivity index (χ1v) is 12.6. The quantitative estimate of drug-likeness (QED) is 0.265. The molecule has 42 heavy (non-hydrogen) atoms. The van der Waals surface area contributed by atoms with E-state index < -0.39 is 60.8 Å². The average Bonchev–Trinajstić information content (AvgIpc) is 3.47. The Morgan fingerprint density at radius 3 is 2.62 bits per heavy atom. The fourth-order valence-corrected chi connectivity index (χ4v) is 4.35. The van der Waals surface area contributed by atoms with Crippen LogP contribution in [0, 0.1) is 11.3 Å². The first kappa shape index (κ1) is 30.1. The van der Waals surface area contributed by atoms with Crippen molar-refractivity contribution in [2.45, 2.75) is 63.3 Å². The molecule has 0 spiro atoms. The van der Waals surface area contributed by atoms with Crippen molar-refractivity contribution in [3.63, 3.8) is 0 Å². The summed E-state index contributed by atoms with van der Waals surface area (Å²) in [5, 5.41) is 31.2. The van der Waals surface area contributed by atoms with Gasteiger partial charge < -0.3 is 30.2 Å². The zero-order valence-corrected chi connectivity index (χ0v) is 22.8. The summed E-state index contributed by atoms with van der Waals surface area (Å²) in [6, 6.07) is 7.69. The van der Waals surface area contributed by atoms with E-state index in [0.29, 0.717) is 0 Å². The number of carboxylic acid groups (broad SMARTS) is 2. The molecule has 3 unspecified atom stereocenters. The van der Waals surface area contributed by atoms with Gasteiger partial charge in [0.2, 0.25) is 5.95 Å². The number of imidazole rings is 1. The smallest absolute Gasteiger partial charge is 0.413 e. The molecule has 4 rings (SSSR count). The third kappa shape index (κ3) is 6.37. The molecule has 5 N–H and O–H groups in total. The predicted octanol–water partition coefficient (Wildman–Crippen LogP) is 2.42. The topological polar surface area (TPSA) is 225 Å². The van der Waals surface area contributed by atoms with Crippen LogP contribution in [0.15, 0.2) is 30.6 Å². The Hall–Kier alpha value is -4.88. The summed E-state index contributed by atoms with van der Waals surface area (Å²) in [5.74, 6) is -3.88. The van der Waals surface area contributed by atoms with Gasteiger partial charge in [-0.2, -0.15) is 15.2 Å². The molecule has 2 aromatic heterocycles. The maximum atomic E-state index is 15.2. The molecular formula is C26H28FN7O8. The van der Waals surface area contributed by atoms with E-state index in [9.17, 15) is 24.6 Å². The molecule has 1 aliphatic heterocycles. The molecule has 1 saturated heterocycles. The van der Waals surface area contributed by atoms with Crippen LogP contribution >= 0.6 is 0 Å². The van der Waals surface area contributed by atoms with Crippen molar-refractivity contribution in [3.8, 4) is 6.07 Å². The summed E-state index contributed by atoms with van der Waals surface area (Å²) in [7, 11) is 0. The SMILES string of the molecule is CC(C)(C)OC(=O)Nc1nc(N)nc2c1ncn2C1OC(COC(Cc2cccc(C#N)c2)(C(=O)O)C(=O)O)CC1F. The van der Waals surface area contributed by atoms with Crippen molar-refractivity contribution in [2.75, 3.05) is 17.7 Å². The van der Waals surface area contributed by atoms with Crippen LogP contribution < -0.4 is 11.1 Å². The Bertz CT molecular complexity index is 1550. The molecule has 0 aliphatic carbocycles. The number of amides is 1. The minimum atomic E-state index is -2.73. The fourth-order valence-electron chi connectivity index (χ4n) is 4.35. The number of anilines is 2. The normalized spacial score (nSPS) is 18.9. The highest BCUT2D eigenvalue weighted by Crippen LogP contribution is 2.35. The van der Waals surface area contributed by atoms with Gasteiger partial charge in [-0.25, -0.2) is 23.8 Å². The fraction of sp³-hybridized carbons (Fsp3) is 0.423. The van der Waals surface area contributed by atoms with Crippen molar-refractivity contribution in [3.05, 3.63) is 41.7 Å². The molecule has 0 saturated carbocycles. The second-order valence-corrected chi connectivity index (χ2v) is 10.5. The Morgan fingerprint density at radius 2 is 1.98 bits per heavy atom. The number of nitrogens with one attached hydrogen (secondary N) is 1. The number of ether oxygens (including phenoxy) is 3. The number of hydrogen-bond donors (Lipinski definition) is 4. The van der Waals surface area contributed by atoms with E-state index in [1.54, 1.807) is 20.8 Å². The first-order chi connectivity index (χ1) is 19.7.